The maximum absolute atomic E-state index is 13.2. The highest BCUT2D eigenvalue weighted by molar-refractivity contribution is 7.09. The molecule has 3 fully saturated rings. The molecule has 1 aromatic carbocycles. The largest absolute Gasteiger partial charge is 0.345 e. The maximum atomic E-state index is 13.2. The quantitative estimate of drug-likeness (QED) is 0.697. The lowest BCUT2D eigenvalue weighted by Gasteiger charge is -2.36. The molecule has 3 aliphatic heterocycles. The van der Waals surface area contributed by atoms with Gasteiger partial charge in [0.15, 0.2) is 0 Å². The van der Waals surface area contributed by atoms with E-state index in [4.69, 9.17) is 0 Å². The van der Waals surface area contributed by atoms with Gasteiger partial charge in [0.1, 0.15) is 0 Å². The van der Waals surface area contributed by atoms with Crippen LogP contribution in [0.3, 0.4) is 0 Å². The van der Waals surface area contributed by atoms with E-state index in [-0.39, 0.29) is 29.2 Å². The molecule has 2 atom stereocenters. The first kappa shape index (κ1) is 22.7. The van der Waals surface area contributed by atoms with Crippen LogP contribution in [0.4, 0.5) is 0 Å². The van der Waals surface area contributed by atoms with Crippen LogP contribution in [0.5, 0.6) is 0 Å². The van der Waals surface area contributed by atoms with Gasteiger partial charge in [0, 0.05) is 62.2 Å². The lowest BCUT2D eigenvalue weighted by atomic mass is 9.90. The van der Waals surface area contributed by atoms with Crippen LogP contribution in [0.1, 0.15) is 52.5 Å². The highest BCUT2D eigenvalue weighted by atomic mass is 32.1. The summed E-state index contributed by atoms with van der Waals surface area (Å²) in [5.41, 5.74) is 1.69. The van der Waals surface area contributed by atoms with Crippen LogP contribution in [-0.2, 0) is 16.1 Å². The van der Waals surface area contributed by atoms with E-state index in [1.165, 1.54) is 4.88 Å². The lowest BCUT2D eigenvalue weighted by molar-refractivity contribution is -0.136. The van der Waals surface area contributed by atoms with Crippen LogP contribution in [0.25, 0.3) is 0 Å². The number of carbonyl (C=O) groups excluding carboxylic acids is 3. The highest BCUT2D eigenvalue weighted by Gasteiger charge is 2.59. The standard InChI is InChI=1S/C27H32N4O3S/c32-24(16-23-20-5-1-2-6-21(20)25(33)28-23)30-9-7-27(8-10-30)17-22(27)26(34)31-13-11-29(12-14-31)18-19-4-3-15-35-19/h1-6,15,22-23H,7-14,16-18H2,(H,28,33)/t22-,23+/m1/s1. The predicted molar refractivity (Wildman–Crippen MR) is 134 cm³/mol. The molecular weight excluding hydrogens is 460 g/mol. The molecule has 4 heterocycles. The molecule has 7 nitrogen and oxygen atoms in total. The number of hydrogen-bond acceptors (Lipinski definition) is 5. The molecule has 6 rings (SSSR count). The number of piperazine rings is 1. The first-order valence-corrected chi connectivity index (χ1v) is 13.6. The number of nitrogens with zero attached hydrogens (tertiary/aromatic N) is 3. The Morgan fingerprint density at radius 1 is 0.971 bits per heavy atom. The van der Waals surface area contributed by atoms with E-state index in [1.54, 1.807) is 11.3 Å². The fraction of sp³-hybridized carbons (Fsp3) is 0.519. The summed E-state index contributed by atoms with van der Waals surface area (Å²) < 4.78 is 0. The zero-order valence-electron chi connectivity index (χ0n) is 19.9. The normalized spacial score (nSPS) is 25.4. The van der Waals surface area contributed by atoms with Crippen LogP contribution in [0, 0.1) is 11.3 Å². The summed E-state index contributed by atoms with van der Waals surface area (Å²) in [6, 6.07) is 11.5. The fourth-order valence-corrected chi connectivity index (χ4v) is 6.95. The van der Waals surface area contributed by atoms with Gasteiger partial charge in [0.05, 0.1) is 12.5 Å². The van der Waals surface area contributed by atoms with Gasteiger partial charge in [-0.05, 0) is 47.8 Å². The Labute approximate surface area is 210 Å². The minimum Gasteiger partial charge on any atom is -0.345 e. The van der Waals surface area contributed by atoms with E-state index in [2.05, 4.69) is 32.6 Å². The van der Waals surface area contributed by atoms with Gasteiger partial charge in [-0.2, -0.15) is 0 Å². The van der Waals surface area contributed by atoms with Crippen molar-refractivity contribution in [3.8, 4) is 0 Å². The van der Waals surface area contributed by atoms with Gasteiger partial charge >= 0.3 is 0 Å². The minimum atomic E-state index is -0.240. The van der Waals surface area contributed by atoms with Gasteiger partial charge in [-0.25, -0.2) is 0 Å². The van der Waals surface area contributed by atoms with Gasteiger partial charge in [-0.1, -0.05) is 24.3 Å². The van der Waals surface area contributed by atoms with Gasteiger partial charge in [0.2, 0.25) is 11.8 Å². The van der Waals surface area contributed by atoms with E-state index in [0.717, 1.165) is 57.5 Å². The second-order valence-corrected chi connectivity index (χ2v) is 11.5. The second kappa shape index (κ2) is 9.06. The molecule has 1 N–H and O–H groups in total. The van der Waals surface area contributed by atoms with Crippen molar-refractivity contribution in [2.75, 3.05) is 39.3 Å². The zero-order chi connectivity index (χ0) is 24.0. The number of likely N-dealkylation sites (tertiary alicyclic amines) is 1. The molecule has 1 spiro atoms. The third-order valence-corrected chi connectivity index (χ3v) is 9.37. The number of amides is 3. The number of rotatable bonds is 5. The maximum Gasteiger partial charge on any atom is 0.252 e. The Morgan fingerprint density at radius 2 is 1.74 bits per heavy atom. The molecule has 1 aliphatic carbocycles. The van der Waals surface area contributed by atoms with Crippen molar-refractivity contribution < 1.29 is 14.4 Å². The molecule has 0 radical (unpaired) electrons. The van der Waals surface area contributed by atoms with Crippen molar-refractivity contribution in [3.05, 3.63) is 57.8 Å². The third-order valence-electron chi connectivity index (χ3n) is 8.51. The summed E-state index contributed by atoms with van der Waals surface area (Å²) in [5, 5.41) is 5.07. The first-order valence-electron chi connectivity index (χ1n) is 12.7. The van der Waals surface area contributed by atoms with Crippen molar-refractivity contribution in [1.82, 2.24) is 20.0 Å². The molecular formula is C27H32N4O3S. The summed E-state index contributed by atoms with van der Waals surface area (Å²) in [4.78, 5) is 46.2. The zero-order valence-corrected chi connectivity index (χ0v) is 20.8. The van der Waals surface area contributed by atoms with Crippen molar-refractivity contribution in [2.45, 2.75) is 38.3 Å². The SMILES string of the molecule is O=C1N[C@@H](CC(=O)N2CCC3(CC2)C[C@@H]3C(=O)N2CCN(Cc3cccs3)CC2)c2ccccc21. The topological polar surface area (TPSA) is 73.0 Å². The van der Waals surface area contributed by atoms with Crippen molar-refractivity contribution in [2.24, 2.45) is 11.3 Å². The molecule has 0 unspecified atom stereocenters. The molecule has 1 aromatic heterocycles. The second-order valence-electron chi connectivity index (χ2n) is 10.5. The predicted octanol–water partition coefficient (Wildman–Crippen LogP) is 2.90. The molecule has 2 saturated heterocycles. The molecule has 0 bridgehead atoms. The molecule has 184 valence electrons. The van der Waals surface area contributed by atoms with Crippen molar-refractivity contribution in [1.29, 1.82) is 0 Å². The summed E-state index contributed by atoms with van der Waals surface area (Å²) in [6.07, 6.45) is 3.07. The van der Waals surface area contributed by atoms with Crippen molar-refractivity contribution >= 4 is 29.1 Å². The molecule has 2 aromatic rings. The number of carbonyl (C=O) groups is 3. The van der Waals surface area contributed by atoms with Gasteiger partial charge < -0.3 is 15.1 Å². The summed E-state index contributed by atoms with van der Waals surface area (Å²) >= 11 is 1.79. The highest BCUT2D eigenvalue weighted by Crippen LogP contribution is 2.60. The van der Waals surface area contributed by atoms with Crippen LogP contribution in [-0.4, -0.2) is 71.7 Å². The summed E-state index contributed by atoms with van der Waals surface area (Å²) in [6.45, 7) is 5.90. The Kier molecular flexibility index (Phi) is 5.89. The molecule has 4 aliphatic rings. The number of nitrogens with one attached hydrogen (secondary N) is 1. The number of thiophene rings is 1. The molecule has 3 amide bonds. The van der Waals surface area contributed by atoms with Gasteiger partial charge in [-0.15, -0.1) is 11.3 Å². The number of benzene rings is 1. The van der Waals surface area contributed by atoms with Gasteiger partial charge in [-0.3, -0.25) is 19.3 Å². The molecule has 8 heteroatoms. The average Bonchev–Trinajstić information content (AvgIpc) is 3.17. The first-order chi connectivity index (χ1) is 17.0. The Bertz CT molecular complexity index is 1120. The van der Waals surface area contributed by atoms with Crippen LogP contribution in [0.15, 0.2) is 41.8 Å². The van der Waals surface area contributed by atoms with E-state index < -0.39 is 0 Å². The van der Waals surface area contributed by atoms with Crippen LogP contribution >= 0.6 is 11.3 Å². The van der Waals surface area contributed by atoms with E-state index in [0.29, 0.717) is 31.0 Å². The third kappa shape index (κ3) is 4.38. The molecule has 35 heavy (non-hydrogen) atoms. The molecule has 1 saturated carbocycles. The minimum absolute atomic E-state index is 0.0900. The average molecular weight is 493 g/mol. The van der Waals surface area contributed by atoms with Crippen LogP contribution in [0.2, 0.25) is 0 Å². The fourth-order valence-electron chi connectivity index (χ4n) is 6.21. The van der Waals surface area contributed by atoms with Crippen LogP contribution < -0.4 is 5.32 Å². The Morgan fingerprint density at radius 3 is 2.49 bits per heavy atom. The monoisotopic (exact) mass is 492 g/mol. The summed E-state index contributed by atoms with van der Waals surface area (Å²) in [7, 11) is 0. The van der Waals surface area contributed by atoms with Crippen molar-refractivity contribution in [3.63, 3.8) is 0 Å². The van der Waals surface area contributed by atoms with E-state index >= 15 is 0 Å². The van der Waals surface area contributed by atoms with E-state index in [1.807, 2.05) is 29.2 Å². The number of piperidine rings is 1. The smallest absolute Gasteiger partial charge is 0.252 e. The lowest BCUT2D eigenvalue weighted by Crippen LogP contribution is -2.49. The number of hydrogen-bond donors (Lipinski definition) is 1. The Balaban J connectivity index is 0.975. The van der Waals surface area contributed by atoms with Gasteiger partial charge in [0.25, 0.3) is 5.91 Å². The van der Waals surface area contributed by atoms with E-state index in [9.17, 15) is 14.4 Å². The number of fused-ring (bicyclic) bond motifs is 1. The summed E-state index contributed by atoms with van der Waals surface area (Å²) in [5.74, 6) is 0.449. The Hall–Kier alpha value is -2.71.